The van der Waals surface area contributed by atoms with Crippen LogP contribution in [0.4, 0.5) is 0 Å². The molecule has 76 valence electrons. The predicted molar refractivity (Wildman–Crippen MR) is 62.7 cm³/mol. The highest BCUT2D eigenvalue weighted by Gasteiger charge is 2.12. The van der Waals surface area contributed by atoms with E-state index >= 15 is 0 Å². The number of nitrogens with zero attached hydrogens (tertiary/aromatic N) is 2. The summed E-state index contributed by atoms with van der Waals surface area (Å²) in [5, 5.41) is 0. The van der Waals surface area contributed by atoms with Gasteiger partial charge in [0.25, 0.3) is 0 Å². The maximum Gasteiger partial charge on any atom is 0.196 e. The van der Waals surface area contributed by atoms with E-state index in [1.54, 1.807) is 11.0 Å². The van der Waals surface area contributed by atoms with E-state index < -0.39 is 11.4 Å². The second-order valence-corrected chi connectivity index (χ2v) is 4.87. The highest BCUT2D eigenvalue weighted by atomic mass is 79.9. The maximum atomic E-state index is 11.6. The van der Waals surface area contributed by atoms with Gasteiger partial charge in [-0.2, -0.15) is 0 Å². The molecule has 0 aromatic heterocycles. The Kier molecular flexibility index (Phi) is 4.44. The third-order valence-corrected chi connectivity index (χ3v) is 3.37. The van der Waals surface area contributed by atoms with Gasteiger partial charge in [-0.3, -0.25) is 0 Å². The van der Waals surface area contributed by atoms with Crippen LogP contribution in [0.25, 0.3) is 0 Å². The first-order chi connectivity index (χ1) is 6.61. The van der Waals surface area contributed by atoms with Crippen LogP contribution in [0, 0.1) is 0 Å². The minimum absolute atomic E-state index is 0.686. The van der Waals surface area contributed by atoms with E-state index in [9.17, 15) is 4.55 Å². The SMILES string of the molecule is CN(C)C=N[S+]([O-])c1ccccc1Br. The highest BCUT2D eigenvalue weighted by molar-refractivity contribution is 9.10. The molecule has 0 heterocycles. The Morgan fingerprint density at radius 3 is 2.64 bits per heavy atom. The van der Waals surface area contributed by atoms with E-state index in [0.29, 0.717) is 4.90 Å². The van der Waals surface area contributed by atoms with E-state index in [1.807, 2.05) is 32.3 Å². The first-order valence-electron chi connectivity index (χ1n) is 3.98. The van der Waals surface area contributed by atoms with Gasteiger partial charge >= 0.3 is 0 Å². The van der Waals surface area contributed by atoms with Gasteiger partial charge < -0.3 is 9.45 Å². The molecule has 0 saturated heterocycles. The summed E-state index contributed by atoms with van der Waals surface area (Å²) < 4.78 is 16.3. The molecular weight excluding hydrogens is 264 g/mol. The molecule has 0 bridgehead atoms. The summed E-state index contributed by atoms with van der Waals surface area (Å²) in [5.41, 5.74) is 0. The van der Waals surface area contributed by atoms with Gasteiger partial charge in [0.05, 0.1) is 4.47 Å². The molecule has 1 aromatic rings. The Balaban J connectivity index is 2.79. The zero-order valence-corrected chi connectivity index (χ0v) is 10.4. The first kappa shape index (κ1) is 11.6. The Labute approximate surface area is 95.3 Å². The molecule has 1 atom stereocenters. The zero-order valence-electron chi connectivity index (χ0n) is 7.98. The fourth-order valence-electron chi connectivity index (χ4n) is 0.780. The van der Waals surface area contributed by atoms with Crippen molar-refractivity contribution in [2.45, 2.75) is 4.90 Å². The summed E-state index contributed by atoms with van der Waals surface area (Å²) in [6.07, 6.45) is 1.54. The van der Waals surface area contributed by atoms with Crippen LogP contribution in [-0.4, -0.2) is 29.9 Å². The van der Waals surface area contributed by atoms with Crippen LogP contribution in [0.15, 0.2) is 38.0 Å². The number of hydrogen-bond acceptors (Lipinski definition) is 2. The molecule has 1 unspecified atom stereocenters. The van der Waals surface area contributed by atoms with Crippen molar-refractivity contribution >= 4 is 33.6 Å². The molecule has 1 rings (SSSR count). The number of rotatable bonds is 3. The summed E-state index contributed by atoms with van der Waals surface area (Å²) in [5.74, 6) is 0. The Hall–Kier alpha value is -0.520. The van der Waals surface area contributed by atoms with E-state index in [2.05, 4.69) is 20.3 Å². The van der Waals surface area contributed by atoms with Gasteiger partial charge in [0.2, 0.25) is 0 Å². The van der Waals surface area contributed by atoms with Crippen molar-refractivity contribution in [1.29, 1.82) is 0 Å². The lowest BCUT2D eigenvalue weighted by atomic mass is 10.4. The van der Waals surface area contributed by atoms with Crippen molar-refractivity contribution in [2.75, 3.05) is 14.1 Å². The molecule has 3 nitrogen and oxygen atoms in total. The Morgan fingerprint density at radius 2 is 2.07 bits per heavy atom. The molecule has 5 heteroatoms. The zero-order chi connectivity index (χ0) is 10.6. The fourth-order valence-corrected chi connectivity index (χ4v) is 2.30. The van der Waals surface area contributed by atoms with Gasteiger partial charge in [-0.25, -0.2) is 0 Å². The molecule has 0 saturated carbocycles. The van der Waals surface area contributed by atoms with Crippen molar-refractivity contribution in [1.82, 2.24) is 4.90 Å². The van der Waals surface area contributed by atoms with E-state index in [1.165, 1.54) is 6.34 Å². The lowest BCUT2D eigenvalue weighted by Crippen LogP contribution is -2.10. The van der Waals surface area contributed by atoms with Gasteiger partial charge in [-0.05, 0) is 32.5 Å². The maximum absolute atomic E-state index is 11.6. The molecule has 0 fully saturated rings. The Bertz CT molecular complexity index is 330. The van der Waals surface area contributed by atoms with Crippen LogP contribution in [0.3, 0.4) is 0 Å². The van der Waals surface area contributed by atoms with Crippen LogP contribution in [0.2, 0.25) is 0 Å². The van der Waals surface area contributed by atoms with Crippen LogP contribution in [0.5, 0.6) is 0 Å². The van der Waals surface area contributed by atoms with Crippen LogP contribution >= 0.6 is 15.9 Å². The smallest absolute Gasteiger partial charge is 0.196 e. The lowest BCUT2D eigenvalue weighted by Gasteiger charge is -2.06. The topological polar surface area (TPSA) is 38.7 Å². The van der Waals surface area contributed by atoms with Crippen molar-refractivity contribution in [3.63, 3.8) is 0 Å². The number of benzene rings is 1. The van der Waals surface area contributed by atoms with E-state index in [4.69, 9.17) is 0 Å². The second-order valence-electron chi connectivity index (χ2n) is 2.86. The van der Waals surface area contributed by atoms with Crippen molar-refractivity contribution < 1.29 is 4.55 Å². The predicted octanol–water partition coefficient (Wildman–Crippen LogP) is 2.06. The van der Waals surface area contributed by atoms with Gasteiger partial charge in [0, 0.05) is 14.1 Å². The molecule has 0 N–H and O–H groups in total. The molecule has 0 radical (unpaired) electrons. The van der Waals surface area contributed by atoms with Gasteiger partial charge in [-0.15, -0.1) is 0 Å². The summed E-state index contributed by atoms with van der Waals surface area (Å²) in [4.78, 5) is 2.43. The molecule has 0 aliphatic rings. The van der Waals surface area contributed by atoms with E-state index in [-0.39, 0.29) is 0 Å². The fraction of sp³-hybridized carbons (Fsp3) is 0.222. The second kappa shape index (κ2) is 5.38. The van der Waals surface area contributed by atoms with Crippen molar-refractivity contribution in [2.24, 2.45) is 4.40 Å². The van der Waals surface area contributed by atoms with Crippen LogP contribution in [0.1, 0.15) is 0 Å². The monoisotopic (exact) mass is 274 g/mol. The lowest BCUT2D eigenvalue weighted by molar-refractivity contribution is 0.593. The molecular formula is C9H11BrN2OS. The number of hydrogen-bond donors (Lipinski definition) is 0. The summed E-state index contributed by atoms with van der Waals surface area (Å²) in [6, 6.07) is 7.34. The standard InChI is InChI=1S/C9H11BrN2OS/c1-12(2)7-11-14(13)9-6-4-3-5-8(9)10/h3-7H,1-2H3. The van der Waals surface area contributed by atoms with Crippen LogP contribution in [-0.2, 0) is 11.4 Å². The van der Waals surface area contributed by atoms with Gasteiger partial charge in [0.15, 0.2) is 4.90 Å². The quantitative estimate of drug-likeness (QED) is 0.481. The minimum Gasteiger partial charge on any atom is -0.586 e. The third-order valence-electron chi connectivity index (χ3n) is 1.40. The van der Waals surface area contributed by atoms with E-state index in [0.717, 1.165) is 4.47 Å². The average Bonchev–Trinajstić information content (AvgIpc) is 2.15. The molecule has 0 amide bonds. The minimum atomic E-state index is -1.33. The average molecular weight is 275 g/mol. The molecule has 0 aliphatic carbocycles. The van der Waals surface area contributed by atoms with Crippen molar-refractivity contribution in [3.8, 4) is 0 Å². The number of halogens is 1. The highest BCUT2D eigenvalue weighted by Crippen LogP contribution is 2.22. The van der Waals surface area contributed by atoms with Crippen molar-refractivity contribution in [3.05, 3.63) is 28.7 Å². The molecule has 1 aromatic carbocycles. The Morgan fingerprint density at radius 1 is 1.43 bits per heavy atom. The normalized spacial score (nSPS) is 13.1. The molecule has 14 heavy (non-hydrogen) atoms. The molecule has 0 spiro atoms. The summed E-state index contributed by atoms with van der Waals surface area (Å²) in [7, 11) is 3.67. The summed E-state index contributed by atoms with van der Waals surface area (Å²) >= 11 is 1.99. The van der Waals surface area contributed by atoms with Crippen LogP contribution < -0.4 is 0 Å². The summed E-state index contributed by atoms with van der Waals surface area (Å²) in [6.45, 7) is 0. The molecule has 0 aliphatic heterocycles. The van der Waals surface area contributed by atoms with Gasteiger partial charge in [0.1, 0.15) is 17.7 Å². The first-order valence-corrected chi connectivity index (χ1v) is 5.88. The largest absolute Gasteiger partial charge is 0.586 e. The van der Waals surface area contributed by atoms with Gasteiger partial charge in [-0.1, -0.05) is 12.1 Å². The third kappa shape index (κ3) is 3.32.